The number of nitrogens with zero attached hydrogens (tertiary/aromatic N) is 1. The Kier molecular flexibility index (Phi) is 4.43. The van der Waals surface area contributed by atoms with Crippen molar-refractivity contribution in [1.29, 1.82) is 0 Å². The lowest BCUT2D eigenvalue weighted by Gasteiger charge is -2.02. The first kappa shape index (κ1) is 11.7. The number of halogens is 1. The molecule has 0 radical (unpaired) electrons. The zero-order valence-corrected chi connectivity index (χ0v) is 11.2. The molecule has 82 valence electrons. The Balaban J connectivity index is 1.85. The van der Waals surface area contributed by atoms with E-state index < -0.39 is 0 Å². The summed E-state index contributed by atoms with van der Waals surface area (Å²) in [7, 11) is 0. The van der Waals surface area contributed by atoms with E-state index in [1.807, 2.05) is 36.2 Å². The van der Waals surface area contributed by atoms with Crippen molar-refractivity contribution < 1.29 is 0 Å². The Bertz CT molecular complexity index is 445. The van der Waals surface area contributed by atoms with Gasteiger partial charge in [0.25, 0.3) is 0 Å². The third kappa shape index (κ3) is 3.65. The lowest BCUT2D eigenvalue weighted by atomic mass is 10.2. The molecule has 16 heavy (non-hydrogen) atoms. The van der Waals surface area contributed by atoms with Crippen LogP contribution in [0.25, 0.3) is 0 Å². The van der Waals surface area contributed by atoms with Crippen molar-refractivity contribution in [2.75, 3.05) is 0 Å². The number of thioether (sulfide) groups is 1. The highest BCUT2D eigenvalue weighted by Gasteiger charge is 1.96. The Morgan fingerprint density at radius 3 is 2.75 bits per heavy atom. The minimum Gasteiger partial charge on any atom is -0.260 e. The van der Waals surface area contributed by atoms with Crippen LogP contribution in [0.2, 0.25) is 0 Å². The lowest BCUT2D eigenvalue weighted by molar-refractivity contribution is 1.17. The average molecular weight is 294 g/mol. The van der Waals surface area contributed by atoms with Crippen LogP contribution in [0.3, 0.4) is 0 Å². The highest BCUT2D eigenvalue weighted by atomic mass is 79.9. The Labute approximate surface area is 108 Å². The molecule has 0 amide bonds. The van der Waals surface area contributed by atoms with Gasteiger partial charge in [-0.15, -0.1) is 0 Å². The van der Waals surface area contributed by atoms with Gasteiger partial charge in [-0.3, -0.25) is 4.98 Å². The second-order valence-electron chi connectivity index (χ2n) is 3.44. The molecule has 2 rings (SSSR count). The van der Waals surface area contributed by atoms with Gasteiger partial charge >= 0.3 is 0 Å². The fraction of sp³-hybridized carbons (Fsp3) is 0.154. The SMILES string of the molecule is Brc1cccc(CSCc2ccccn2)c1. The molecule has 0 fully saturated rings. The molecule has 0 aliphatic heterocycles. The Morgan fingerprint density at radius 1 is 1.06 bits per heavy atom. The maximum Gasteiger partial charge on any atom is 0.0502 e. The zero-order chi connectivity index (χ0) is 11.2. The number of hydrogen-bond acceptors (Lipinski definition) is 2. The van der Waals surface area contributed by atoms with Gasteiger partial charge in [-0.2, -0.15) is 11.8 Å². The van der Waals surface area contributed by atoms with E-state index in [0.717, 1.165) is 21.7 Å². The second kappa shape index (κ2) is 6.06. The van der Waals surface area contributed by atoms with E-state index in [0.29, 0.717) is 0 Å². The molecule has 1 aromatic heterocycles. The summed E-state index contributed by atoms with van der Waals surface area (Å²) in [5.41, 5.74) is 2.48. The molecule has 0 spiro atoms. The van der Waals surface area contributed by atoms with E-state index in [1.165, 1.54) is 5.56 Å². The number of hydrogen-bond donors (Lipinski definition) is 0. The highest BCUT2D eigenvalue weighted by molar-refractivity contribution is 9.10. The number of pyridine rings is 1. The summed E-state index contributed by atoms with van der Waals surface area (Å²) >= 11 is 5.36. The van der Waals surface area contributed by atoms with E-state index >= 15 is 0 Å². The summed E-state index contributed by atoms with van der Waals surface area (Å²) in [4.78, 5) is 4.30. The van der Waals surface area contributed by atoms with Crippen LogP contribution in [-0.2, 0) is 11.5 Å². The lowest BCUT2D eigenvalue weighted by Crippen LogP contribution is -1.86. The number of rotatable bonds is 4. The molecule has 0 atom stereocenters. The summed E-state index contributed by atoms with van der Waals surface area (Å²) < 4.78 is 1.14. The molecule has 2 aromatic rings. The van der Waals surface area contributed by atoms with Crippen LogP contribution < -0.4 is 0 Å². The third-order valence-corrected chi connectivity index (χ3v) is 3.66. The predicted octanol–water partition coefficient (Wildman–Crippen LogP) is 4.28. The first-order valence-electron chi connectivity index (χ1n) is 5.07. The first-order valence-corrected chi connectivity index (χ1v) is 7.01. The van der Waals surface area contributed by atoms with Crippen LogP contribution in [0.5, 0.6) is 0 Å². The molecule has 1 nitrogen and oxygen atoms in total. The molecule has 0 bridgehead atoms. The minimum absolute atomic E-state index is 0.966. The molecule has 0 aliphatic carbocycles. The molecule has 1 aromatic carbocycles. The smallest absolute Gasteiger partial charge is 0.0502 e. The second-order valence-corrected chi connectivity index (χ2v) is 5.35. The van der Waals surface area contributed by atoms with Crippen LogP contribution in [0.15, 0.2) is 53.1 Å². The zero-order valence-electron chi connectivity index (χ0n) is 8.77. The van der Waals surface area contributed by atoms with Crippen LogP contribution >= 0.6 is 27.7 Å². The van der Waals surface area contributed by atoms with Gasteiger partial charge < -0.3 is 0 Å². The monoisotopic (exact) mass is 293 g/mol. The first-order chi connectivity index (χ1) is 7.84. The van der Waals surface area contributed by atoms with Crippen molar-refractivity contribution >= 4 is 27.7 Å². The van der Waals surface area contributed by atoms with Crippen LogP contribution in [0.1, 0.15) is 11.3 Å². The van der Waals surface area contributed by atoms with Crippen molar-refractivity contribution in [3.63, 3.8) is 0 Å². The number of benzene rings is 1. The van der Waals surface area contributed by atoms with Gasteiger partial charge in [-0.1, -0.05) is 34.1 Å². The summed E-state index contributed by atoms with van der Waals surface area (Å²) in [6, 6.07) is 14.5. The van der Waals surface area contributed by atoms with Gasteiger partial charge in [0.1, 0.15) is 0 Å². The largest absolute Gasteiger partial charge is 0.260 e. The van der Waals surface area contributed by atoms with Crippen LogP contribution in [0, 0.1) is 0 Å². The van der Waals surface area contributed by atoms with Crippen LogP contribution in [0.4, 0.5) is 0 Å². The van der Waals surface area contributed by atoms with Gasteiger partial charge in [-0.05, 0) is 29.8 Å². The molecule has 0 unspecified atom stereocenters. The van der Waals surface area contributed by atoms with Crippen molar-refractivity contribution in [3.8, 4) is 0 Å². The highest BCUT2D eigenvalue weighted by Crippen LogP contribution is 2.19. The van der Waals surface area contributed by atoms with Gasteiger partial charge in [-0.25, -0.2) is 0 Å². The molecule has 1 heterocycles. The minimum atomic E-state index is 0.966. The van der Waals surface area contributed by atoms with Crippen molar-refractivity contribution in [1.82, 2.24) is 4.98 Å². The average Bonchev–Trinajstić information content (AvgIpc) is 2.30. The standard InChI is InChI=1S/C13H12BrNS/c14-12-5-3-4-11(8-12)9-16-10-13-6-1-2-7-15-13/h1-8H,9-10H2. The summed E-state index contributed by atoms with van der Waals surface area (Å²) in [6.45, 7) is 0. The molecule has 0 saturated carbocycles. The van der Waals surface area contributed by atoms with Gasteiger partial charge in [0, 0.05) is 22.2 Å². The van der Waals surface area contributed by atoms with E-state index in [2.05, 4.69) is 45.2 Å². The van der Waals surface area contributed by atoms with Crippen LogP contribution in [-0.4, -0.2) is 4.98 Å². The van der Waals surface area contributed by atoms with E-state index in [-0.39, 0.29) is 0 Å². The molecule has 0 saturated heterocycles. The van der Waals surface area contributed by atoms with Gasteiger partial charge in [0.2, 0.25) is 0 Å². The summed E-state index contributed by atoms with van der Waals surface area (Å²) in [6.07, 6.45) is 1.84. The third-order valence-electron chi connectivity index (χ3n) is 2.13. The van der Waals surface area contributed by atoms with Crippen molar-refractivity contribution in [2.45, 2.75) is 11.5 Å². The van der Waals surface area contributed by atoms with Gasteiger partial charge in [0.15, 0.2) is 0 Å². The van der Waals surface area contributed by atoms with Gasteiger partial charge in [0.05, 0.1) is 5.69 Å². The quantitative estimate of drug-likeness (QED) is 0.835. The van der Waals surface area contributed by atoms with Crippen molar-refractivity contribution in [2.24, 2.45) is 0 Å². The fourth-order valence-corrected chi connectivity index (χ4v) is 2.73. The van der Waals surface area contributed by atoms with E-state index in [9.17, 15) is 0 Å². The Hall–Kier alpha value is -0.800. The molecule has 3 heteroatoms. The molecular weight excluding hydrogens is 282 g/mol. The molecule has 0 aliphatic rings. The van der Waals surface area contributed by atoms with E-state index in [1.54, 1.807) is 0 Å². The maximum absolute atomic E-state index is 4.30. The Morgan fingerprint density at radius 2 is 2.00 bits per heavy atom. The normalized spacial score (nSPS) is 10.3. The molecular formula is C13H12BrNS. The molecule has 0 N–H and O–H groups in total. The topological polar surface area (TPSA) is 12.9 Å². The maximum atomic E-state index is 4.30. The van der Waals surface area contributed by atoms with Crippen molar-refractivity contribution in [3.05, 3.63) is 64.4 Å². The number of aromatic nitrogens is 1. The van der Waals surface area contributed by atoms with E-state index in [4.69, 9.17) is 0 Å². The summed E-state index contributed by atoms with van der Waals surface area (Å²) in [5.74, 6) is 1.99. The fourth-order valence-electron chi connectivity index (χ4n) is 1.38. The predicted molar refractivity (Wildman–Crippen MR) is 73.4 cm³/mol. The summed E-state index contributed by atoms with van der Waals surface area (Å²) in [5, 5.41) is 0.